The molecule has 0 heterocycles. The molecule has 0 bridgehead atoms. The maximum atomic E-state index is 12.4. The number of sulfonamides is 1. The first-order valence-corrected chi connectivity index (χ1v) is 7.72. The van der Waals surface area contributed by atoms with E-state index in [1.807, 2.05) is 0 Å². The van der Waals surface area contributed by atoms with Crippen LogP contribution in [0.2, 0.25) is 5.02 Å². The van der Waals surface area contributed by atoms with E-state index in [0.717, 1.165) is 4.31 Å². The van der Waals surface area contributed by atoms with Crippen molar-refractivity contribution < 1.29 is 13.5 Å². The lowest BCUT2D eigenvalue weighted by Crippen LogP contribution is -2.26. The van der Waals surface area contributed by atoms with Gasteiger partial charge in [-0.2, -0.15) is 4.31 Å². The maximum absolute atomic E-state index is 12.4. The Hall–Kier alpha value is -1.56. The Morgan fingerprint density at radius 1 is 1.10 bits per heavy atom. The molecule has 0 aromatic heterocycles. The van der Waals surface area contributed by atoms with Crippen molar-refractivity contribution in [3.05, 3.63) is 59.1 Å². The van der Waals surface area contributed by atoms with E-state index in [9.17, 15) is 13.5 Å². The summed E-state index contributed by atoms with van der Waals surface area (Å²) in [5.41, 5.74) is 0.704. The topological polar surface area (TPSA) is 57.6 Å². The number of nitrogens with zero attached hydrogens (tertiary/aromatic N) is 1. The van der Waals surface area contributed by atoms with Gasteiger partial charge < -0.3 is 5.11 Å². The second kappa shape index (κ2) is 5.83. The van der Waals surface area contributed by atoms with Crippen molar-refractivity contribution in [2.45, 2.75) is 11.4 Å². The number of phenolic OH excluding ortho intramolecular Hbond substituents is 1. The van der Waals surface area contributed by atoms with Crippen LogP contribution in [-0.2, 0) is 16.6 Å². The van der Waals surface area contributed by atoms with Gasteiger partial charge in [0.25, 0.3) is 0 Å². The number of para-hydroxylation sites is 1. The minimum absolute atomic E-state index is 0.116. The third kappa shape index (κ3) is 2.95. The summed E-state index contributed by atoms with van der Waals surface area (Å²) in [5, 5.41) is 10.2. The van der Waals surface area contributed by atoms with Crippen LogP contribution in [0.5, 0.6) is 5.75 Å². The second-order valence-corrected chi connectivity index (χ2v) is 6.74. The van der Waals surface area contributed by atoms with Crippen LogP contribution in [0.15, 0.2) is 53.4 Å². The van der Waals surface area contributed by atoms with Crippen LogP contribution in [-0.4, -0.2) is 24.9 Å². The predicted octanol–water partition coefficient (Wildman–Crippen LogP) is 2.87. The first kappa shape index (κ1) is 14.8. The normalized spacial score (nSPS) is 11.8. The molecule has 4 nitrogen and oxygen atoms in total. The predicted molar refractivity (Wildman–Crippen MR) is 78.2 cm³/mol. The Balaban J connectivity index is 2.31. The van der Waals surface area contributed by atoms with E-state index < -0.39 is 10.0 Å². The molecule has 0 atom stereocenters. The van der Waals surface area contributed by atoms with Crippen molar-refractivity contribution in [2.24, 2.45) is 0 Å². The van der Waals surface area contributed by atoms with Crippen molar-refractivity contribution in [1.82, 2.24) is 4.31 Å². The Morgan fingerprint density at radius 2 is 1.70 bits per heavy atom. The highest BCUT2D eigenvalue weighted by atomic mass is 35.5. The first-order chi connectivity index (χ1) is 9.43. The van der Waals surface area contributed by atoms with E-state index >= 15 is 0 Å². The van der Waals surface area contributed by atoms with E-state index in [-0.39, 0.29) is 17.2 Å². The van der Waals surface area contributed by atoms with E-state index in [1.54, 1.807) is 36.4 Å². The standard InChI is InChI=1S/C14H14ClNO3S/c1-16(10-11-6-2-3-7-12(11)15)20(18,19)14-9-5-4-8-13(14)17/h2-9,17H,10H2,1H3. The van der Waals surface area contributed by atoms with Gasteiger partial charge in [0.1, 0.15) is 10.6 Å². The number of hydrogen-bond donors (Lipinski definition) is 1. The summed E-state index contributed by atoms with van der Waals surface area (Å²) >= 11 is 6.02. The lowest BCUT2D eigenvalue weighted by molar-refractivity contribution is 0.440. The monoisotopic (exact) mass is 311 g/mol. The highest BCUT2D eigenvalue weighted by Gasteiger charge is 2.24. The molecule has 0 saturated heterocycles. The summed E-state index contributed by atoms with van der Waals surface area (Å²) < 4.78 is 25.9. The summed E-state index contributed by atoms with van der Waals surface area (Å²) in [6.07, 6.45) is 0. The highest BCUT2D eigenvalue weighted by Crippen LogP contribution is 2.26. The van der Waals surface area contributed by atoms with Crippen LogP contribution in [0.25, 0.3) is 0 Å². The molecule has 0 aliphatic rings. The molecule has 20 heavy (non-hydrogen) atoms. The third-order valence-corrected chi connectivity index (χ3v) is 5.12. The second-order valence-electron chi connectivity index (χ2n) is 4.32. The maximum Gasteiger partial charge on any atom is 0.246 e. The summed E-state index contributed by atoms with van der Waals surface area (Å²) in [5.74, 6) is -0.265. The van der Waals surface area contributed by atoms with Gasteiger partial charge in [-0.25, -0.2) is 8.42 Å². The van der Waals surface area contributed by atoms with Crippen molar-refractivity contribution in [2.75, 3.05) is 7.05 Å². The molecule has 0 radical (unpaired) electrons. The molecular formula is C14H14ClNO3S. The lowest BCUT2D eigenvalue weighted by atomic mass is 10.2. The van der Waals surface area contributed by atoms with Crippen LogP contribution in [0, 0.1) is 0 Å². The molecule has 106 valence electrons. The summed E-state index contributed by atoms with van der Waals surface area (Å²) in [6.45, 7) is 0.135. The fourth-order valence-corrected chi connectivity index (χ4v) is 3.22. The van der Waals surface area contributed by atoms with Gasteiger partial charge in [-0.1, -0.05) is 41.9 Å². The SMILES string of the molecule is CN(Cc1ccccc1Cl)S(=O)(=O)c1ccccc1O. The fourth-order valence-electron chi connectivity index (χ4n) is 1.79. The number of phenols is 1. The highest BCUT2D eigenvalue weighted by molar-refractivity contribution is 7.89. The molecule has 0 saturated carbocycles. The smallest absolute Gasteiger partial charge is 0.246 e. The summed E-state index contributed by atoms with van der Waals surface area (Å²) in [4.78, 5) is -0.116. The molecule has 1 N–H and O–H groups in total. The lowest BCUT2D eigenvalue weighted by Gasteiger charge is -2.18. The molecule has 2 aromatic rings. The fraction of sp³-hybridized carbons (Fsp3) is 0.143. The van der Waals surface area contributed by atoms with Gasteiger partial charge in [0.2, 0.25) is 10.0 Å². The van der Waals surface area contributed by atoms with Crippen LogP contribution in [0.3, 0.4) is 0 Å². The van der Waals surface area contributed by atoms with Crippen molar-refractivity contribution in [3.8, 4) is 5.75 Å². The summed E-state index contributed by atoms with van der Waals surface area (Å²) in [7, 11) is -2.31. The van der Waals surface area contributed by atoms with Gasteiger partial charge in [0.05, 0.1) is 0 Å². The molecule has 0 fully saturated rings. The molecule has 0 unspecified atom stereocenters. The van der Waals surface area contributed by atoms with Gasteiger partial charge in [0.15, 0.2) is 0 Å². The minimum atomic E-state index is -3.76. The molecule has 2 aromatic carbocycles. The van der Waals surface area contributed by atoms with Gasteiger partial charge in [0, 0.05) is 18.6 Å². The van der Waals surface area contributed by atoms with Crippen LogP contribution < -0.4 is 0 Å². The van der Waals surface area contributed by atoms with Gasteiger partial charge >= 0.3 is 0 Å². The van der Waals surface area contributed by atoms with Crippen molar-refractivity contribution in [1.29, 1.82) is 0 Å². The quantitative estimate of drug-likeness (QED) is 0.944. The zero-order valence-corrected chi connectivity index (χ0v) is 12.4. The molecule has 6 heteroatoms. The number of aromatic hydroxyl groups is 1. The summed E-state index contributed by atoms with van der Waals surface area (Å²) in [6, 6.07) is 12.9. The van der Waals surface area contributed by atoms with E-state index in [1.165, 1.54) is 19.2 Å². The number of benzene rings is 2. The van der Waals surface area contributed by atoms with Gasteiger partial charge in [-0.3, -0.25) is 0 Å². The number of rotatable bonds is 4. The Kier molecular flexibility index (Phi) is 4.32. The third-order valence-electron chi connectivity index (χ3n) is 2.90. The molecule has 0 aliphatic carbocycles. The average molecular weight is 312 g/mol. The zero-order valence-electron chi connectivity index (χ0n) is 10.8. The average Bonchev–Trinajstić information content (AvgIpc) is 2.41. The first-order valence-electron chi connectivity index (χ1n) is 5.90. The minimum Gasteiger partial charge on any atom is -0.507 e. The number of hydrogen-bond acceptors (Lipinski definition) is 3. The Bertz CT molecular complexity index is 716. The Morgan fingerprint density at radius 3 is 2.35 bits per heavy atom. The molecule has 2 rings (SSSR count). The van der Waals surface area contributed by atoms with Crippen molar-refractivity contribution in [3.63, 3.8) is 0 Å². The van der Waals surface area contributed by atoms with E-state index in [4.69, 9.17) is 11.6 Å². The van der Waals surface area contributed by atoms with E-state index in [0.29, 0.717) is 10.6 Å². The molecule has 0 amide bonds. The van der Waals surface area contributed by atoms with Gasteiger partial charge in [-0.15, -0.1) is 0 Å². The van der Waals surface area contributed by atoms with Gasteiger partial charge in [-0.05, 0) is 23.8 Å². The Labute approximate surface area is 123 Å². The largest absolute Gasteiger partial charge is 0.507 e. The zero-order chi connectivity index (χ0) is 14.8. The molecular weight excluding hydrogens is 298 g/mol. The van der Waals surface area contributed by atoms with E-state index in [2.05, 4.69) is 0 Å². The van der Waals surface area contributed by atoms with Crippen LogP contribution in [0.4, 0.5) is 0 Å². The van der Waals surface area contributed by atoms with Crippen LogP contribution >= 0.6 is 11.6 Å². The molecule has 0 spiro atoms. The molecule has 0 aliphatic heterocycles. The number of halogens is 1. The van der Waals surface area contributed by atoms with Crippen molar-refractivity contribution >= 4 is 21.6 Å². The van der Waals surface area contributed by atoms with Crippen LogP contribution in [0.1, 0.15) is 5.56 Å².